The zero-order valence-corrected chi connectivity index (χ0v) is 17.7. The Bertz CT molecular complexity index is 1350. The van der Waals surface area contributed by atoms with Crippen LogP contribution in [0.1, 0.15) is 18.1 Å². The lowest BCUT2D eigenvalue weighted by Gasteiger charge is -2.11. The highest BCUT2D eigenvalue weighted by atomic mass is 16.2. The lowest BCUT2D eigenvalue weighted by atomic mass is 10.2. The Kier molecular flexibility index (Phi) is 6.35. The molecular formula is C24H24N4O3. The number of benzene rings is 2. The van der Waals surface area contributed by atoms with E-state index in [1.54, 1.807) is 43.3 Å². The molecule has 1 heterocycles. The maximum absolute atomic E-state index is 12.5. The lowest BCUT2D eigenvalue weighted by Crippen LogP contribution is -2.46. The minimum atomic E-state index is -0.407. The normalized spacial score (nSPS) is 12.0. The molecule has 0 spiro atoms. The maximum Gasteiger partial charge on any atom is 0.272 e. The van der Waals surface area contributed by atoms with Crippen LogP contribution >= 0.6 is 0 Å². The largest absolute Gasteiger partial charge is 0.378 e. The third-order valence-corrected chi connectivity index (χ3v) is 4.57. The van der Waals surface area contributed by atoms with Crippen molar-refractivity contribution < 1.29 is 4.79 Å². The average Bonchev–Trinajstić information content (AvgIpc) is 2.73. The zero-order chi connectivity index (χ0) is 22.5. The Morgan fingerprint density at radius 3 is 1.74 bits per heavy atom. The summed E-state index contributed by atoms with van der Waals surface area (Å²) < 4.78 is 0. The van der Waals surface area contributed by atoms with E-state index in [4.69, 9.17) is 0 Å². The summed E-state index contributed by atoms with van der Waals surface area (Å²) in [7, 11) is 3.89. The number of carbonyl (C=O) groups excluding carboxylic acids is 1. The summed E-state index contributed by atoms with van der Waals surface area (Å²) in [6, 6.07) is 14.5. The molecule has 0 saturated carbocycles. The molecule has 0 unspecified atom stereocenters. The number of H-pyrrole nitrogens is 2. The van der Waals surface area contributed by atoms with Crippen molar-refractivity contribution in [3.8, 4) is 0 Å². The Balaban J connectivity index is 1.90. The van der Waals surface area contributed by atoms with E-state index in [-0.39, 0.29) is 16.6 Å². The van der Waals surface area contributed by atoms with Crippen LogP contribution < -0.4 is 32.0 Å². The summed E-state index contributed by atoms with van der Waals surface area (Å²) >= 11 is 0. The van der Waals surface area contributed by atoms with Gasteiger partial charge < -0.3 is 20.2 Å². The van der Waals surface area contributed by atoms with Gasteiger partial charge in [0, 0.05) is 31.0 Å². The quantitative estimate of drug-likeness (QED) is 0.546. The van der Waals surface area contributed by atoms with Gasteiger partial charge in [-0.25, -0.2) is 0 Å². The van der Waals surface area contributed by atoms with Gasteiger partial charge in [-0.15, -0.1) is 0 Å². The molecule has 1 aromatic heterocycles. The first kappa shape index (κ1) is 21.6. The van der Waals surface area contributed by atoms with E-state index in [9.17, 15) is 14.4 Å². The molecule has 0 aliphatic rings. The van der Waals surface area contributed by atoms with Crippen molar-refractivity contribution in [1.82, 2.24) is 9.97 Å². The van der Waals surface area contributed by atoms with E-state index in [2.05, 4.69) is 21.9 Å². The number of rotatable bonds is 5. The predicted octanol–water partition coefficient (Wildman–Crippen LogP) is 1.30. The van der Waals surface area contributed by atoms with Crippen LogP contribution in [0.4, 0.5) is 11.4 Å². The van der Waals surface area contributed by atoms with Gasteiger partial charge in [-0.05, 0) is 54.5 Å². The van der Waals surface area contributed by atoms with Crippen LogP contribution in [0.3, 0.4) is 0 Å². The van der Waals surface area contributed by atoms with Crippen LogP contribution in [-0.4, -0.2) is 30.0 Å². The molecule has 0 saturated heterocycles. The first-order chi connectivity index (χ1) is 14.7. The van der Waals surface area contributed by atoms with Crippen LogP contribution in [-0.2, 0) is 4.79 Å². The molecule has 0 atom stereocenters. The molecule has 7 heteroatoms. The SMILES string of the molecule is C=C(C)C(=O)Nc1ccc(/C=c2\[nH]c(=O)/c(=C\c3ccc(N(C)C)cc3)[nH]c2=O)cc1. The number of hydrogen-bond acceptors (Lipinski definition) is 4. The highest BCUT2D eigenvalue weighted by molar-refractivity contribution is 6.02. The number of anilines is 2. The molecule has 158 valence electrons. The van der Waals surface area contributed by atoms with Crippen molar-refractivity contribution in [1.29, 1.82) is 0 Å². The minimum Gasteiger partial charge on any atom is -0.378 e. The van der Waals surface area contributed by atoms with Gasteiger partial charge in [0.1, 0.15) is 10.7 Å². The molecule has 2 aromatic carbocycles. The van der Waals surface area contributed by atoms with Crippen molar-refractivity contribution in [3.63, 3.8) is 0 Å². The topological polar surface area (TPSA) is 98.1 Å². The summed E-state index contributed by atoms with van der Waals surface area (Å²) in [5, 5.41) is 3.03. The first-order valence-electron chi connectivity index (χ1n) is 9.63. The second-order valence-corrected chi connectivity index (χ2v) is 7.37. The highest BCUT2D eigenvalue weighted by Gasteiger charge is 2.02. The average molecular weight is 416 g/mol. The molecule has 1 amide bonds. The Morgan fingerprint density at radius 1 is 0.871 bits per heavy atom. The third kappa shape index (κ3) is 5.48. The second-order valence-electron chi connectivity index (χ2n) is 7.37. The van der Waals surface area contributed by atoms with Crippen molar-refractivity contribution in [2.75, 3.05) is 24.3 Å². The number of hydrogen-bond donors (Lipinski definition) is 3. The van der Waals surface area contributed by atoms with Gasteiger partial charge in [-0.3, -0.25) is 14.4 Å². The van der Waals surface area contributed by atoms with Crippen LogP contribution in [0, 0.1) is 0 Å². The van der Waals surface area contributed by atoms with Gasteiger partial charge in [0.05, 0.1) is 0 Å². The fourth-order valence-electron chi connectivity index (χ4n) is 2.80. The molecule has 31 heavy (non-hydrogen) atoms. The van der Waals surface area contributed by atoms with Gasteiger partial charge in [0.2, 0.25) is 0 Å². The summed E-state index contributed by atoms with van der Waals surface area (Å²) in [6.45, 7) is 5.22. The molecule has 0 aliphatic carbocycles. The third-order valence-electron chi connectivity index (χ3n) is 4.57. The summed E-state index contributed by atoms with van der Waals surface area (Å²) in [5.74, 6) is -0.263. The van der Waals surface area contributed by atoms with Crippen molar-refractivity contribution in [2.45, 2.75) is 6.92 Å². The number of aromatic amines is 2. The van der Waals surface area contributed by atoms with E-state index in [0.717, 1.165) is 11.3 Å². The van der Waals surface area contributed by atoms with Crippen LogP contribution in [0.5, 0.6) is 0 Å². The highest BCUT2D eigenvalue weighted by Crippen LogP contribution is 2.12. The number of aromatic nitrogens is 2. The smallest absolute Gasteiger partial charge is 0.272 e. The fraction of sp³-hybridized carbons (Fsp3) is 0.125. The minimum absolute atomic E-state index is 0.142. The van der Waals surface area contributed by atoms with E-state index < -0.39 is 11.1 Å². The summed E-state index contributed by atoms with van der Waals surface area (Å²) in [4.78, 5) is 43.8. The van der Waals surface area contributed by atoms with Crippen molar-refractivity contribution in [3.05, 3.63) is 103 Å². The Labute approximate surface area is 179 Å². The molecule has 0 bridgehead atoms. The molecule has 7 nitrogen and oxygen atoms in total. The number of carbonyl (C=O) groups is 1. The van der Waals surface area contributed by atoms with Crippen LogP contribution in [0.2, 0.25) is 0 Å². The monoisotopic (exact) mass is 416 g/mol. The molecule has 3 aromatic rings. The molecule has 3 N–H and O–H groups in total. The molecular weight excluding hydrogens is 392 g/mol. The number of nitrogens with one attached hydrogen (secondary N) is 3. The Morgan fingerprint density at radius 2 is 1.32 bits per heavy atom. The van der Waals surface area contributed by atoms with Crippen molar-refractivity contribution in [2.24, 2.45) is 0 Å². The molecule has 0 radical (unpaired) electrons. The molecule has 3 rings (SSSR count). The van der Waals surface area contributed by atoms with E-state index in [0.29, 0.717) is 16.8 Å². The van der Waals surface area contributed by atoms with Gasteiger partial charge in [0.15, 0.2) is 0 Å². The number of nitrogens with zero attached hydrogens (tertiary/aromatic N) is 1. The van der Waals surface area contributed by atoms with Gasteiger partial charge in [0.25, 0.3) is 17.0 Å². The Hall–Kier alpha value is -4.13. The van der Waals surface area contributed by atoms with E-state index in [1.807, 2.05) is 43.3 Å². The number of amides is 1. The molecule has 0 fully saturated rings. The first-order valence-corrected chi connectivity index (χ1v) is 9.63. The van der Waals surface area contributed by atoms with Gasteiger partial charge >= 0.3 is 0 Å². The lowest BCUT2D eigenvalue weighted by molar-refractivity contribution is -0.112. The van der Waals surface area contributed by atoms with Crippen LogP contribution in [0.25, 0.3) is 12.2 Å². The standard InChI is InChI=1S/C24H24N4O3/c1-15(2)22(29)25-18-9-5-16(6-10-18)13-20-23(30)27-21(24(31)26-20)14-17-7-11-19(12-8-17)28(3)4/h5-14H,1H2,2-4H3,(H,25,29)(H,26,31)(H,27,30)/b20-13-,21-14+. The van der Waals surface area contributed by atoms with Crippen molar-refractivity contribution >= 4 is 29.4 Å². The summed E-state index contributed by atoms with van der Waals surface area (Å²) in [6.07, 6.45) is 3.20. The summed E-state index contributed by atoms with van der Waals surface area (Å²) in [5.41, 5.74) is 2.75. The molecule has 0 aliphatic heterocycles. The fourth-order valence-corrected chi connectivity index (χ4v) is 2.80. The second kappa shape index (κ2) is 9.13. The zero-order valence-electron chi connectivity index (χ0n) is 17.7. The van der Waals surface area contributed by atoms with E-state index >= 15 is 0 Å². The predicted molar refractivity (Wildman–Crippen MR) is 125 cm³/mol. The van der Waals surface area contributed by atoms with Gasteiger partial charge in [-0.2, -0.15) is 0 Å². The maximum atomic E-state index is 12.5. The van der Waals surface area contributed by atoms with Gasteiger partial charge in [-0.1, -0.05) is 30.8 Å². The van der Waals surface area contributed by atoms with E-state index in [1.165, 1.54) is 0 Å². The van der Waals surface area contributed by atoms with Crippen LogP contribution in [0.15, 0.2) is 70.3 Å².